The summed E-state index contributed by atoms with van der Waals surface area (Å²) in [6, 6.07) is 0. The summed E-state index contributed by atoms with van der Waals surface area (Å²) < 4.78 is 0. The molecular weight excluding hydrogens is 176 g/mol. The molecule has 14 heavy (non-hydrogen) atoms. The van der Waals surface area contributed by atoms with Crippen molar-refractivity contribution in [3.8, 4) is 0 Å². The highest BCUT2D eigenvalue weighted by Gasteiger charge is 2.40. The highest BCUT2D eigenvalue weighted by atomic mass is 16.3. The Morgan fingerprint density at radius 2 is 1.86 bits per heavy atom. The van der Waals surface area contributed by atoms with Crippen molar-refractivity contribution in [2.45, 2.75) is 51.6 Å². The van der Waals surface area contributed by atoms with Crippen molar-refractivity contribution in [2.75, 3.05) is 0 Å². The molecule has 2 fully saturated rings. The number of Topliss-reactive ketones (excluding diaryl/α,β-unsaturated/α-hetero) is 1. The molecule has 0 spiro atoms. The number of ketones is 1. The summed E-state index contributed by atoms with van der Waals surface area (Å²) in [4.78, 5) is 11.3. The second-order valence-corrected chi connectivity index (χ2v) is 4.99. The number of rotatable bonds is 1. The summed E-state index contributed by atoms with van der Waals surface area (Å²) in [7, 11) is 0. The summed E-state index contributed by atoms with van der Waals surface area (Å²) in [6.07, 6.45) is 6.69. The molecule has 0 aromatic heterocycles. The Hall–Kier alpha value is -0.370. The Morgan fingerprint density at radius 3 is 2.57 bits per heavy atom. The lowest BCUT2D eigenvalue weighted by atomic mass is 9.65. The Morgan fingerprint density at radius 1 is 1.14 bits per heavy atom. The number of carbonyl (C=O) groups excluding carboxylic acids is 1. The van der Waals surface area contributed by atoms with Gasteiger partial charge in [-0.2, -0.15) is 0 Å². The maximum absolute atomic E-state index is 11.3. The molecule has 2 nitrogen and oxygen atoms in total. The SMILES string of the molecule is CC(=O)C1CCC2CCCCC2C1O. The van der Waals surface area contributed by atoms with Crippen LogP contribution in [0.2, 0.25) is 0 Å². The van der Waals surface area contributed by atoms with Crippen LogP contribution in [0.3, 0.4) is 0 Å². The van der Waals surface area contributed by atoms with Crippen molar-refractivity contribution < 1.29 is 9.90 Å². The molecule has 2 heteroatoms. The van der Waals surface area contributed by atoms with Gasteiger partial charge in [-0.1, -0.05) is 19.3 Å². The summed E-state index contributed by atoms with van der Waals surface area (Å²) in [5.74, 6) is 1.25. The van der Waals surface area contributed by atoms with Crippen LogP contribution in [0.15, 0.2) is 0 Å². The van der Waals surface area contributed by atoms with Crippen LogP contribution in [0.5, 0.6) is 0 Å². The van der Waals surface area contributed by atoms with Crippen LogP contribution in [0, 0.1) is 17.8 Å². The molecule has 80 valence electrons. The van der Waals surface area contributed by atoms with E-state index < -0.39 is 0 Å². The zero-order valence-corrected chi connectivity index (χ0v) is 8.91. The molecule has 2 aliphatic carbocycles. The fraction of sp³-hybridized carbons (Fsp3) is 0.917. The van der Waals surface area contributed by atoms with Gasteiger partial charge in [-0.3, -0.25) is 4.79 Å². The van der Waals surface area contributed by atoms with Gasteiger partial charge in [0.05, 0.1) is 6.10 Å². The molecule has 0 aromatic rings. The third-order valence-electron chi connectivity index (χ3n) is 4.19. The number of aliphatic hydroxyl groups is 1. The van der Waals surface area contributed by atoms with Crippen LogP contribution in [0.1, 0.15) is 45.4 Å². The first-order valence-corrected chi connectivity index (χ1v) is 5.88. The topological polar surface area (TPSA) is 37.3 Å². The smallest absolute Gasteiger partial charge is 0.135 e. The molecule has 0 bridgehead atoms. The number of fused-ring (bicyclic) bond motifs is 1. The average Bonchev–Trinajstić information content (AvgIpc) is 2.18. The van der Waals surface area contributed by atoms with E-state index in [1.54, 1.807) is 6.92 Å². The Balaban J connectivity index is 2.06. The molecule has 0 heterocycles. The lowest BCUT2D eigenvalue weighted by Crippen LogP contribution is -2.43. The summed E-state index contributed by atoms with van der Waals surface area (Å²) in [6.45, 7) is 1.62. The fourth-order valence-corrected chi connectivity index (χ4v) is 3.35. The van der Waals surface area contributed by atoms with Gasteiger partial charge >= 0.3 is 0 Å². The molecule has 0 amide bonds. The molecule has 2 aliphatic rings. The second-order valence-electron chi connectivity index (χ2n) is 4.99. The van der Waals surface area contributed by atoms with Gasteiger partial charge in [-0.15, -0.1) is 0 Å². The number of aliphatic hydroxyl groups excluding tert-OH is 1. The quantitative estimate of drug-likeness (QED) is 0.697. The van der Waals surface area contributed by atoms with Gasteiger partial charge < -0.3 is 5.11 Å². The molecule has 4 atom stereocenters. The summed E-state index contributed by atoms with van der Waals surface area (Å²) >= 11 is 0. The third kappa shape index (κ3) is 1.72. The number of carbonyl (C=O) groups is 1. The van der Waals surface area contributed by atoms with Crippen LogP contribution in [-0.2, 0) is 4.79 Å². The van der Waals surface area contributed by atoms with Crippen molar-refractivity contribution >= 4 is 5.78 Å². The standard InChI is InChI=1S/C12H20O2/c1-8(13)10-7-6-9-4-2-3-5-11(9)12(10)14/h9-12,14H,2-7H2,1H3. The average molecular weight is 196 g/mol. The normalized spacial score (nSPS) is 43.0. The van der Waals surface area contributed by atoms with E-state index in [0.29, 0.717) is 11.8 Å². The van der Waals surface area contributed by atoms with Gasteiger partial charge in [-0.05, 0) is 38.0 Å². The van der Waals surface area contributed by atoms with Crippen molar-refractivity contribution in [2.24, 2.45) is 17.8 Å². The molecule has 4 unspecified atom stereocenters. The number of hydrogen-bond donors (Lipinski definition) is 1. The maximum atomic E-state index is 11.3. The highest BCUT2D eigenvalue weighted by Crippen LogP contribution is 2.42. The van der Waals surface area contributed by atoms with E-state index in [4.69, 9.17) is 0 Å². The number of hydrogen-bond acceptors (Lipinski definition) is 2. The van der Waals surface area contributed by atoms with Gasteiger partial charge in [-0.25, -0.2) is 0 Å². The van der Waals surface area contributed by atoms with E-state index in [2.05, 4.69) is 0 Å². The Bertz CT molecular complexity index is 224. The maximum Gasteiger partial charge on any atom is 0.135 e. The minimum Gasteiger partial charge on any atom is -0.392 e. The van der Waals surface area contributed by atoms with Crippen LogP contribution < -0.4 is 0 Å². The molecule has 2 rings (SSSR count). The van der Waals surface area contributed by atoms with Crippen molar-refractivity contribution in [1.82, 2.24) is 0 Å². The van der Waals surface area contributed by atoms with Gasteiger partial charge in [0.15, 0.2) is 0 Å². The van der Waals surface area contributed by atoms with E-state index in [9.17, 15) is 9.90 Å². The first-order valence-electron chi connectivity index (χ1n) is 5.88. The summed E-state index contributed by atoms with van der Waals surface area (Å²) in [5, 5.41) is 10.1. The minimum atomic E-state index is -0.341. The highest BCUT2D eigenvalue weighted by molar-refractivity contribution is 5.79. The Kier molecular flexibility index (Phi) is 2.91. The lowest BCUT2D eigenvalue weighted by Gasteiger charge is -2.42. The van der Waals surface area contributed by atoms with Gasteiger partial charge in [0, 0.05) is 5.92 Å². The van der Waals surface area contributed by atoms with Crippen molar-refractivity contribution in [1.29, 1.82) is 0 Å². The lowest BCUT2D eigenvalue weighted by molar-refractivity contribution is -0.130. The van der Waals surface area contributed by atoms with Gasteiger partial charge in [0.1, 0.15) is 5.78 Å². The first kappa shape index (κ1) is 10.2. The molecule has 1 N–H and O–H groups in total. The van der Waals surface area contributed by atoms with E-state index >= 15 is 0 Å². The zero-order chi connectivity index (χ0) is 10.1. The predicted octanol–water partition coefficient (Wildman–Crippen LogP) is 2.15. The first-order chi connectivity index (χ1) is 6.70. The van der Waals surface area contributed by atoms with E-state index in [0.717, 1.165) is 19.3 Å². The van der Waals surface area contributed by atoms with Crippen LogP contribution in [0.4, 0.5) is 0 Å². The van der Waals surface area contributed by atoms with E-state index in [-0.39, 0.29) is 17.8 Å². The second kappa shape index (κ2) is 4.01. The molecular formula is C12H20O2. The van der Waals surface area contributed by atoms with E-state index in [1.165, 1.54) is 19.3 Å². The minimum absolute atomic E-state index is 0.0608. The van der Waals surface area contributed by atoms with Crippen molar-refractivity contribution in [3.63, 3.8) is 0 Å². The Labute approximate surface area is 85.7 Å². The van der Waals surface area contributed by atoms with E-state index in [1.807, 2.05) is 0 Å². The monoisotopic (exact) mass is 196 g/mol. The van der Waals surface area contributed by atoms with Gasteiger partial charge in [0.25, 0.3) is 0 Å². The fourth-order valence-electron chi connectivity index (χ4n) is 3.35. The van der Waals surface area contributed by atoms with Crippen LogP contribution >= 0.6 is 0 Å². The molecule has 0 radical (unpaired) electrons. The van der Waals surface area contributed by atoms with Crippen LogP contribution in [0.25, 0.3) is 0 Å². The van der Waals surface area contributed by atoms with Gasteiger partial charge in [0.2, 0.25) is 0 Å². The van der Waals surface area contributed by atoms with Crippen LogP contribution in [-0.4, -0.2) is 17.0 Å². The molecule has 0 aromatic carbocycles. The predicted molar refractivity (Wildman–Crippen MR) is 54.9 cm³/mol. The van der Waals surface area contributed by atoms with Crippen molar-refractivity contribution in [3.05, 3.63) is 0 Å². The summed E-state index contributed by atoms with van der Waals surface area (Å²) in [5.41, 5.74) is 0. The third-order valence-corrected chi connectivity index (χ3v) is 4.19. The largest absolute Gasteiger partial charge is 0.392 e. The molecule has 0 saturated heterocycles. The zero-order valence-electron chi connectivity index (χ0n) is 8.91. The molecule has 0 aliphatic heterocycles. The molecule has 2 saturated carbocycles.